The Morgan fingerprint density at radius 1 is 0.889 bits per heavy atom. The van der Waals surface area contributed by atoms with Crippen LogP contribution in [0.25, 0.3) is 0 Å². The monoisotopic (exact) mass is 299 g/mol. The lowest BCUT2D eigenvalue weighted by Gasteiger charge is -2.07. The van der Waals surface area contributed by atoms with E-state index in [2.05, 4.69) is 0 Å². The van der Waals surface area contributed by atoms with E-state index in [0.29, 0.717) is 31.9 Å². The van der Waals surface area contributed by atoms with Crippen molar-refractivity contribution in [1.29, 1.82) is 0 Å². The number of carbonyl (C=O) groups excluding carboxylic acids is 1. The number of carbonyl (C=O) groups is 1. The zero-order valence-corrected chi connectivity index (χ0v) is 11.4. The Morgan fingerprint density at radius 3 is 2.17 bits per heavy atom. The molecule has 0 amide bonds. The molecule has 0 saturated carbocycles. The highest BCUT2D eigenvalue weighted by atomic mass is 35.5. The highest BCUT2D eigenvalue weighted by Gasteiger charge is 2.16. The van der Waals surface area contributed by atoms with Crippen molar-refractivity contribution in [1.82, 2.24) is 0 Å². The van der Waals surface area contributed by atoms with Gasteiger partial charge in [-0.05, 0) is 36.4 Å². The Bertz CT molecular complexity index is 626. The van der Waals surface area contributed by atoms with Crippen molar-refractivity contribution in [3.8, 4) is 0 Å². The van der Waals surface area contributed by atoms with Crippen LogP contribution < -0.4 is 5.73 Å². The standard InChI is InChI=1S/C13H8Cl3NO/c14-7-2-4-11(16)10(5-7)13(18)9-3-1-8(15)6-12(9)17/h1-6H,17H2. The molecular weight excluding hydrogens is 293 g/mol. The molecule has 0 aliphatic carbocycles. The first-order valence-electron chi connectivity index (χ1n) is 5.04. The number of benzene rings is 2. The average Bonchev–Trinajstić information content (AvgIpc) is 2.31. The highest BCUT2D eigenvalue weighted by Crippen LogP contribution is 2.26. The second-order valence-electron chi connectivity index (χ2n) is 3.68. The van der Waals surface area contributed by atoms with Crippen molar-refractivity contribution in [2.45, 2.75) is 0 Å². The number of ketones is 1. The molecule has 0 aliphatic heterocycles. The molecule has 92 valence electrons. The Labute approximate surface area is 119 Å². The van der Waals surface area contributed by atoms with Gasteiger partial charge in [-0.3, -0.25) is 4.79 Å². The molecule has 0 aliphatic rings. The summed E-state index contributed by atoms with van der Waals surface area (Å²) >= 11 is 17.6. The summed E-state index contributed by atoms with van der Waals surface area (Å²) < 4.78 is 0. The first-order chi connectivity index (χ1) is 8.49. The fourth-order valence-corrected chi connectivity index (χ4v) is 2.11. The van der Waals surface area contributed by atoms with E-state index in [1.807, 2.05) is 0 Å². The molecule has 0 radical (unpaired) electrons. The first-order valence-corrected chi connectivity index (χ1v) is 6.17. The van der Waals surface area contributed by atoms with E-state index < -0.39 is 0 Å². The number of nitrogens with two attached hydrogens (primary N) is 1. The van der Waals surface area contributed by atoms with Crippen LogP contribution in [0.5, 0.6) is 0 Å². The average molecular weight is 301 g/mol. The third kappa shape index (κ3) is 2.61. The third-order valence-corrected chi connectivity index (χ3v) is 3.23. The van der Waals surface area contributed by atoms with Crippen LogP contribution in [0.2, 0.25) is 15.1 Å². The molecule has 0 fully saturated rings. The summed E-state index contributed by atoms with van der Waals surface area (Å²) in [4.78, 5) is 12.3. The fourth-order valence-electron chi connectivity index (χ4n) is 1.56. The van der Waals surface area contributed by atoms with Gasteiger partial charge in [0.05, 0.1) is 5.02 Å². The number of rotatable bonds is 2. The van der Waals surface area contributed by atoms with Crippen molar-refractivity contribution in [3.63, 3.8) is 0 Å². The van der Waals surface area contributed by atoms with Gasteiger partial charge >= 0.3 is 0 Å². The van der Waals surface area contributed by atoms with Gasteiger partial charge in [0, 0.05) is 26.9 Å². The van der Waals surface area contributed by atoms with Gasteiger partial charge in [-0.25, -0.2) is 0 Å². The van der Waals surface area contributed by atoms with Crippen molar-refractivity contribution in [2.24, 2.45) is 0 Å². The van der Waals surface area contributed by atoms with Gasteiger partial charge in [-0.15, -0.1) is 0 Å². The first kappa shape index (κ1) is 13.2. The lowest BCUT2D eigenvalue weighted by atomic mass is 10.0. The van der Waals surface area contributed by atoms with E-state index in [-0.39, 0.29) is 5.78 Å². The normalized spacial score (nSPS) is 10.4. The predicted octanol–water partition coefficient (Wildman–Crippen LogP) is 4.46. The maximum atomic E-state index is 12.3. The number of halogens is 3. The lowest BCUT2D eigenvalue weighted by molar-refractivity contribution is 0.103. The van der Waals surface area contributed by atoms with Crippen LogP contribution in [-0.2, 0) is 0 Å². The number of anilines is 1. The van der Waals surface area contributed by atoms with Gasteiger partial charge in [0.15, 0.2) is 5.78 Å². The van der Waals surface area contributed by atoms with Crippen LogP contribution in [0.1, 0.15) is 15.9 Å². The molecule has 0 saturated heterocycles. The largest absolute Gasteiger partial charge is 0.398 e. The summed E-state index contributed by atoms with van der Waals surface area (Å²) in [6.07, 6.45) is 0. The maximum Gasteiger partial charge on any atom is 0.196 e. The zero-order valence-electron chi connectivity index (χ0n) is 9.08. The van der Waals surface area contributed by atoms with E-state index in [9.17, 15) is 4.79 Å². The van der Waals surface area contributed by atoms with Gasteiger partial charge in [0.1, 0.15) is 0 Å². The van der Waals surface area contributed by atoms with Gasteiger partial charge in [0.25, 0.3) is 0 Å². The molecule has 0 heterocycles. The lowest BCUT2D eigenvalue weighted by Crippen LogP contribution is -2.06. The SMILES string of the molecule is Nc1cc(Cl)ccc1C(=O)c1cc(Cl)ccc1Cl. The zero-order chi connectivity index (χ0) is 13.3. The van der Waals surface area contributed by atoms with E-state index in [1.165, 1.54) is 12.1 Å². The Hall–Kier alpha value is -1.22. The second kappa shape index (κ2) is 5.19. The van der Waals surface area contributed by atoms with Crippen molar-refractivity contribution < 1.29 is 4.79 Å². The van der Waals surface area contributed by atoms with Crippen molar-refractivity contribution in [2.75, 3.05) is 5.73 Å². The predicted molar refractivity (Wildman–Crippen MR) is 75.8 cm³/mol. The Kier molecular flexibility index (Phi) is 3.81. The number of hydrogen-bond donors (Lipinski definition) is 1. The summed E-state index contributed by atoms with van der Waals surface area (Å²) in [7, 11) is 0. The van der Waals surface area contributed by atoms with Crippen LogP contribution >= 0.6 is 34.8 Å². The van der Waals surface area contributed by atoms with E-state index >= 15 is 0 Å². The third-order valence-electron chi connectivity index (χ3n) is 2.43. The topological polar surface area (TPSA) is 43.1 Å². The molecule has 2 N–H and O–H groups in total. The minimum atomic E-state index is -0.281. The molecule has 2 aromatic rings. The molecule has 0 aromatic heterocycles. The van der Waals surface area contributed by atoms with Gasteiger partial charge in [0.2, 0.25) is 0 Å². The molecule has 5 heteroatoms. The van der Waals surface area contributed by atoms with Crippen LogP contribution in [0, 0.1) is 0 Å². The van der Waals surface area contributed by atoms with Crippen LogP contribution in [0.4, 0.5) is 5.69 Å². The van der Waals surface area contributed by atoms with E-state index in [1.54, 1.807) is 24.3 Å². The molecule has 0 spiro atoms. The van der Waals surface area contributed by atoms with Gasteiger partial charge < -0.3 is 5.73 Å². The Balaban J connectivity index is 2.51. The maximum absolute atomic E-state index is 12.3. The minimum absolute atomic E-state index is 0.281. The number of nitrogen functional groups attached to an aromatic ring is 1. The van der Waals surface area contributed by atoms with Crippen molar-refractivity contribution >= 4 is 46.3 Å². The summed E-state index contributed by atoms with van der Waals surface area (Å²) in [5, 5.41) is 1.25. The summed E-state index contributed by atoms with van der Waals surface area (Å²) in [5.74, 6) is -0.281. The van der Waals surface area contributed by atoms with Gasteiger partial charge in [-0.2, -0.15) is 0 Å². The number of hydrogen-bond acceptors (Lipinski definition) is 2. The van der Waals surface area contributed by atoms with Gasteiger partial charge in [-0.1, -0.05) is 34.8 Å². The molecule has 0 unspecified atom stereocenters. The molecule has 2 nitrogen and oxygen atoms in total. The fraction of sp³-hybridized carbons (Fsp3) is 0. The summed E-state index contributed by atoms with van der Waals surface area (Å²) in [6.45, 7) is 0. The Morgan fingerprint density at radius 2 is 1.50 bits per heavy atom. The molecule has 2 rings (SSSR count). The van der Waals surface area contributed by atoms with Crippen LogP contribution in [0.15, 0.2) is 36.4 Å². The highest BCUT2D eigenvalue weighted by molar-refractivity contribution is 6.37. The molecule has 0 atom stereocenters. The van der Waals surface area contributed by atoms with Crippen LogP contribution in [0.3, 0.4) is 0 Å². The van der Waals surface area contributed by atoms with Crippen molar-refractivity contribution in [3.05, 3.63) is 62.6 Å². The molecule has 0 bridgehead atoms. The summed E-state index contributed by atoms with van der Waals surface area (Å²) in [5.41, 5.74) is 6.74. The summed E-state index contributed by atoms with van der Waals surface area (Å²) in [6, 6.07) is 9.39. The quantitative estimate of drug-likeness (QED) is 0.657. The van der Waals surface area contributed by atoms with Crippen LogP contribution in [-0.4, -0.2) is 5.78 Å². The van der Waals surface area contributed by atoms with E-state index in [0.717, 1.165) is 0 Å². The second-order valence-corrected chi connectivity index (χ2v) is 4.96. The van der Waals surface area contributed by atoms with E-state index in [4.69, 9.17) is 40.5 Å². The molecule has 18 heavy (non-hydrogen) atoms. The molecule has 2 aromatic carbocycles. The smallest absolute Gasteiger partial charge is 0.196 e. The minimum Gasteiger partial charge on any atom is -0.398 e. The molecular formula is C13H8Cl3NO.